The van der Waals surface area contributed by atoms with Crippen molar-refractivity contribution in [1.82, 2.24) is 0 Å². The highest BCUT2D eigenvalue weighted by molar-refractivity contribution is 5.88. The number of rotatable bonds is 7. The van der Waals surface area contributed by atoms with Crippen molar-refractivity contribution >= 4 is 22.6 Å². The summed E-state index contributed by atoms with van der Waals surface area (Å²) in [5, 5.41) is 0. The van der Waals surface area contributed by atoms with Gasteiger partial charge < -0.3 is 4.90 Å². The summed E-state index contributed by atoms with van der Waals surface area (Å²) in [5.74, 6) is 0.535. The van der Waals surface area contributed by atoms with E-state index in [1.807, 2.05) is 0 Å². The summed E-state index contributed by atoms with van der Waals surface area (Å²) in [7, 11) is 0. The predicted molar refractivity (Wildman–Crippen MR) is 247 cm³/mol. The number of fused-ring (bicyclic) bond motifs is 3. The van der Waals surface area contributed by atoms with E-state index in [1.54, 1.807) is 0 Å². The van der Waals surface area contributed by atoms with Crippen LogP contribution >= 0.6 is 0 Å². The third kappa shape index (κ3) is 7.31. The third-order valence-corrected chi connectivity index (χ3v) is 11.8. The van der Waals surface area contributed by atoms with E-state index in [-0.39, 0.29) is 5.41 Å². The van der Waals surface area contributed by atoms with Crippen LogP contribution in [0.1, 0.15) is 69.7 Å². The van der Waals surface area contributed by atoms with Crippen LogP contribution in [0.2, 0.25) is 0 Å². The first-order valence-corrected chi connectivity index (χ1v) is 20.7. The number of hydrogen-bond acceptors (Lipinski definition) is 1. The van der Waals surface area contributed by atoms with Crippen LogP contribution in [-0.4, -0.2) is 0 Å². The van der Waals surface area contributed by atoms with Gasteiger partial charge in [0.2, 0.25) is 0 Å². The maximum absolute atomic E-state index is 2.41. The average Bonchev–Trinajstić information content (AvgIpc) is 3.47. The van der Waals surface area contributed by atoms with Crippen molar-refractivity contribution in [3.8, 4) is 44.5 Å². The van der Waals surface area contributed by atoms with Crippen LogP contribution in [0.15, 0.2) is 182 Å². The normalized spacial score (nSPS) is 14.8. The van der Waals surface area contributed by atoms with Crippen molar-refractivity contribution in [2.75, 3.05) is 4.90 Å². The molecule has 282 valence electrons. The first-order chi connectivity index (χ1) is 27.8. The van der Waals surface area contributed by atoms with Crippen molar-refractivity contribution < 1.29 is 0 Å². The second-order valence-electron chi connectivity index (χ2n) is 16.1. The Labute approximate surface area is 340 Å². The molecule has 0 saturated carbocycles. The first-order valence-electron chi connectivity index (χ1n) is 20.7. The molecule has 2 aliphatic carbocycles. The van der Waals surface area contributed by atoms with E-state index in [0.29, 0.717) is 5.92 Å². The average molecular weight is 740 g/mol. The van der Waals surface area contributed by atoms with E-state index in [1.165, 1.54) is 78.8 Å². The predicted octanol–water partition coefficient (Wildman–Crippen LogP) is 16.2. The van der Waals surface area contributed by atoms with Gasteiger partial charge in [0.25, 0.3) is 0 Å². The topological polar surface area (TPSA) is 3.24 Å². The zero-order chi connectivity index (χ0) is 39.5. The quantitative estimate of drug-likeness (QED) is 0.157. The van der Waals surface area contributed by atoms with E-state index in [9.17, 15) is 0 Å². The van der Waals surface area contributed by atoms with Gasteiger partial charge >= 0.3 is 0 Å². The molecule has 7 aromatic rings. The lowest BCUT2D eigenvalue weighted by Crippen LogP contribution is -2.16. The summed E-state index contributed by atoms with van der Waals surface area (Å²) in [6.07, 6.45) is 9.11. The fraction of sp³-hybridized carbons (Fsp3) is 0.179. The van der Waals surface area contributed by atoms with E-state index >= 15 is 0 Å². The number of anilines is 3. The number of benzene rings is 7. The molecule has 0 radical (unpaired) electrons. The minimum Gasteiger partial charge on any atom is -0.310 e. The van der Waals surface area contributed by atoms with Gasteiger partial charge in [-0.2, -0.15) is 0 Å². The molecule has 0 amide bonds. The standard InChI is InChI=1S/C53H45N.C3H8/c1-36-14-11-12-19-46(36)48-21-13-20-47(37(48)2)41-24-22-39(23-25-41)40-26-29-44(30-27-40)54(43-17-9-6-10-18-43)45-31-33-50-49-32-28-42(38-15-7-5-8-16-38)34-51(49)53(3,4)52(50)35-45;1-3-2/h5-13,15-36H,14H2,1-4H3;3H2,1-2H3. The molecule has 1 atom stereocenters. The van der Waals surface area contributed by atoms with E-state index in [0.717, 1.165) is 23.5 Å². The summed E-state index contributed by atoms with van der Waals surface area (Å²) in [6, 6.07) is 60.3. The number of nitrogens with zero attached hydrogens (tertiary/aromatic N) is 1. The van der Waals surface area contributed by atoms with Gasteiger partial charge in [-0.25, -0.2) is 0 Å². The zero-order valence-corrected chi connectivity index (χ0v) is 34.3. The summed E-state index contributed by atoms with van der Waals surface area (Å²) in [4.78, 5) is 2.38. The zero-order valence-electron chi connectivity index (χ0n) is 34.3. The van der Waals surface area contributed by atoms with Gasteiger partial charge in [-0.15, -0.1) is 0 Å². The Morgan fingerprint density at radius 3 is 1.68 bits per heavy atom. The monoisotopic (exact) mass is 739 g/mol. The maximum Gasteiger partial charge on any atom is 0.0465 e. The molecule has 0 heterocycles. The van der Waals surface area contributed by atoms with Crippen molar-refractivity contribution in [2.45, 2.75) is 59.8 Å². The number of hydrogen-bond donors (Lipinski definition) is 0. The largest absolute Gasteiger partial charge is 0.310 e. The highest BCUT2D eigenvalue weighted by atomic mass is 15.1. The fourth-order valence-electron chi connectivity index (χ4n) is 8.71. The highest BCUT2D eigenvalue weighted by Crippen LogP contribution is 2.51. The summed E-state index contributed by atoms with van der Waals surface area (Å²) < 4.78 is 0. The smallest absolute Gasteiger partial charge is 0.0465 e. The molecule has 57 heavy (non-hydrogen) atoms. The fourth-order valence-corrected chi connectivity index (χ4v) is 8.71. The molecule has 0 saturated heterocycles. The van der Waals surface area contributed by atoms with Crippen LogP contribution in [0.3, 0.4) is 0 Å². The number of allylic oxidation sites excluding steroid dienone is 4. The van der Waals surface area contributed by atoms with Crippen LogP contribution in [0, 0.1) is 12.8 Å². The number of para-hydroxylation sites is 1. The summed E-state index contributed by atoms with van der Waals surface area (Å²) in [6.45, 7) is 13.6. The lowest BCUT2D eigenvalue weighted by Gasteiger charge is -2.28. The Morgan fingerprint density at radius 1 is 0.509 bits per heavy atom. The Balaban J connectivity index is 0.00000147. The lowest BCUT2D eigenvalue weighted by atomic mass is 9.81. The molecule has 0 bridgehead atoms. The van der Waals surface area contributed by atoms with E-state index < -0.39 is 0 Å². The van der Waals surface area contributed by atoms with Crippen molar-refractivity contribution in [3.05, 3.63) is 204 Å². The first kappa shape index (κ1) is 37.7. The van der Waals surface area contributed by atoms with Gasteiger partial charge in [0, 0.05) is 22.5 Å². The molecule has 0 aromatic heterocycles. The molecule has 2 aliphatic rings. The van der Waals surface area contributed by atoms with Gasteiger partial charge in [0.15, 0.2) is 0 Å². The highest BCUT2D eigenvalue weighted by Gasteiger charge is 2.36. The van der Waals surface area contributed by atoms with Gasteiger partial charge in [0.05, 0.1) is 0 Å². The van der Waals surface area contributed by atoms with Crippen LogP contribution in [0.4, 0.5) is 17.1 Å². The second kappa shape index (κ2) is 16.1. The van der Waals surface area contributed by atoms with Crippen LogP contribution in [-0.2, 0) is 5.41 Å². The molecule has 0 fully saturated rings. The molecule has 0 spiro atoms. The SMILES string of the molecule is CCC.Cc1c(C2=CC=CCC2C)cccc1-c1ccc(-c2ccc(N(c3ccccc3)c3ccc4c(c3)C(C)(C)c3cc(-c5ccccc5)ccc3-4)cc2)cc1. The molecule has 0 N–H and O–H groups in total. The molecular formula is C56H53N. The van der Waals surface area contributed by atoms with Gasteiger partial charge in [-0.3, -0.25) is 0 Å². The second-order valence-corrected chi connectivity index (χ2v) is 16.1. The minimum absolute atomic E-state index is 0.132. The van der Waals surface area contributed by atoms with Crippen molar-refractivity contribution in [1.29, 1.82) is 0 Å². The van der Waals surface area contributed by atoms with Crippen molar-refractivity contribution in [2.24, 2.45) is 5.92 Å². The molecule has 0 aliphatic heterocycles. The van der Waals surface area contributed by atoms with Crippen LogP contribution < -0.4 is 4.90 Å². The van der Waals surface area contributed by atoms with E-state index in [4.69, 9.17) is 0 Å². The Morgan fingerprint density at radius 2 is 1.02 bits per heavy atom. The summed E-state index contributed by atoms with van der Waals surface area (Å²) in [5.41, 5.74) is 20.3. The Bertz CT molecular complexity index is 2550. The minimum atomic E-state index is -0.132. The molecule has 7 aromatic carbocycles. The van der Waals surface area contributed by atoms with Crippen LogP contribution in [0.5, 0.6) is 0 Å². The third-order valence-electron chi connectivity index (χ3n) is 11.8. The van der Waals surface area contributed by atoms with Gasteiger partial charge in [0.1, 0.15) is 0 Å². The molecular weight excluding hydrogens is 687 g/mol. The van der Waals surface area contributed by atoms with Crippen LogP contribution in [0.25, 0.3) is 50.1 Å². The Kier molecular flexibility index (Phi) is 10.7. The lowest BCUT2D eigenvalue weighted by molar-refractivity contribution is 0.660. The van der Waals surface area contributed by atoms with Gasteiger partial charge in [-0.1, -0.05) is 181 Å². The summed E-state index contributed by atoms with van der Waals surface area (Å²) >= 11 is 0. The van der Waals surface area contributed by atoms with Crippen molar-refractivity contribution in [3.63, 3.8) is 0 Å². The molecule has 1 heteroatoms. The molecule has 9 rings (SSSR count). The van der Waals surface area contributed by atoms with E-state index in [2.05, 4.69) is 228 Å². The Hall–Kier alpha value is -6.18. The maximum atomic E-state index is 2.41. The molecule has 1 unspecified atom stereocenters. The van der Waals surface area contributed by atoms with Gasteiger partial charge in [-0.05, 0) is 134 Å². The molecule has 1 nitrogen and oxygen atoms in total.